The first-order chi connectivity index (χ1) is 12.2. The molecule has 0 aliphatic carbocycles. The van der Waals surface area contributed by atoms with Gasteiger partial charge in [0.1, 0.15) is 0 Å². The standard InChI is InChI=1S/C16H13F3N2O4S/c17-16(18,19)10-6-7-12-13(9-15(22)20-23)21(11-4-2-1-3-5-11)26(24,25)14(12)8-10/h1-8,13,23H,9H2,(H,20,22). The molecule has 1 amide bonds. The molecule has 26 heavy (non-hydrogen) atoms. The Kier molecular flexibility index (Phi) is 4.41. The monoisotopic (exact) mass is 386 g/mol. The van der Waals surface area contributed by atoms with Gasteiger partial charge in [0.05, 0.1) is 28.6 Å². The minimum atomic E-state index is -4.71. The van der Waals surface area contributed by atoms with Gasteiger partial charge in [0.15, 0.2) is 0 Å². The predicted molar refractivity (Wildman–Crippen MR) is 84.8 cm³/mol. The van der Waals surface area contributed by atoms with E-state index in [1.807, 2.05) is 0 Å². The zero-order valence-corrected chi connectivity index (χ0v) is 13.9. The normalized spacial score (nSPS) is 18.5. The summed E-state index contributed by atoms with van der Waals surface area (Å²) < 4.78 is 65.7. The third kappa shape index (κ3) is 3.01. The molecule has 0 fully saturated rings. The van der Waals surface area contributed by atoms with Gasteiger partial charge in [-0.05, 0) is 29.8 Å². The SMILES string of the molecule is O=C(CC1c2ccc(C(F)(F)F)cc2S(=O)(=O)N1c1ccccc1)NO. The van der Waals surface area contributed by atoms with Crippen LogP contribution in [0, 0.1) is 0 Å². The highest BCUT2D eigenvalue weighted by Gasteiger charge is 2.45. The van der Waals surface area contributed by atoms with Gasteiger partial charge in [-0.15, -0.1) is 0 Å². The summed E-state index contributed by atoms with van der Waals surface area (Å²) >= 11 is 0. The van der Waals surface area contributed by atoms with E-state index in [0.29, 0.717) is 6.07 Å². The van der Waals surface area contributed by atoms with E-state index in [2.05, 4.69) is 0 Å². The quantitative estimate of drug-likeness (QED) is 0.627. The van der Waals surface area contributed by atoms with Crippen molar-refractivity contribution in [2.45, 2.75) is 23.5 Å². The van der Waals surface area contributed by atoms with Crippen molar-refractivity contribution < 1.29 is 31.6 Å². The predicted octanol–water partition coefficient (Wildman–Crippen LogP) is 2.85. The molecule has 1 aliphatic heterocycles. The number of fused-ring (bicyclic) bond motifs is 1. The van der Waals surface area contributed by atoms with E-state index in [4.69, 9.17) is 5.21 Å². The van der Waals surface area contributed by atoms with Gasteiger partial charge < -0.3 is 0 Å². The van der Waals surface area contributed by atoms with E-state index in [-0.39, 0.29) is 11.3 Å². The molecule has 1 aliphatic rings. The van der Waals surface area contributed by atoms with Crippen LogP contribution in [0.3, 0.4) is 0 Å². The number of hydrogen-bond donors (Lipinski definition) is 2. The summed E-state index contributed by atoms with van der Waals surface area (Å²) in [4.78, 5) is 11.1. The lowest BCUT2D eigenvalue weighted by Crippen LogP contribution is -2.32. The number of nitrogens with zero attached hydrogens (tertiary/aromatic N) is 1. The summed E-state index contributed by atoms with van der Waals surface area (Å²) in [5.74, 6) is -0.862. The molecular formula is C16H13F3N2O4S. The van der Waals surface area contributed by atoms with Crippen LogP contribution in [0.15, 0.2) is 53.4 Å². The number of anilines is 1. The average Bonchev–Trinajstić information content (AvgIpc) is 2.81. The molecule has 2 aromatic rings. The lowest BCUT2D eigenvalue weighted by atomic mass is 10.0. The van der Waals surface area contributed by atoms with Crippen molar-refractivity contribution in [3.05, 3.63) is 59.7 Å². The van der Waals surface area contributed by atoms with Crippen LogP contribution in [0.5, 0.6) is 0 Å². The van der Waals surface area contributed by atoms with Crippen molar-refractivity contribution in [2.24, 2.45) is 0 Å². The molecule has 0 aromatic heterocycles. The molecule has 2 aromatic carbocycles. The number of rotatable bonds is 3. The number of amides is 1. The molecule has 1 heterocycles. The second-order valence-electron chi connectivity index (χ2n) is 5.64. The van der Waals surface area contributed by atoms with Crippen LogP contribution < -0.4 is 9.79 Å². The number of alkyl halides is 3. The number of halogens is 3. The Morgan fingerprint density at radius 2 is 1.81 bits per heavy atom. The molecular weight excluding hydrogens is 373 g/mol. The summed E-state index contributed by atoms with van der Waals surface area (Å²) in [7, 11) is -4.31. The molecule has 1 atom stereocenters. The summed E-state index contributed by atoms with van der Waals surface area (Å²) in [6.07, 6.45) is -5.16. The number of hydroxylamine groups is 1. The van der Waals surface area contributed by atoms with E-state index in [0.717, 1.165) is 16.4 Å². The van der Waals surface area contributed by atoms with Crippen LogP contribution in [0.25, 0.3) is 0 Å². The summed E-state index contributed by atoms with van der Waals surface area (Å²) in [6.45, 7) is 0. The Hall–Kier alpha value is -2.59. The Morgan fingerprint density at radius 1 is 1.15 bits per heavy atom. The maximum absolute atomic E-state index is 13.0. The smallest absolute Gasteiger partial charge is 0.289 e. The maximum atomic E-state index is 13.0. The number of carbonyl (C=O) groups excluding carboxylic acids is 1. The number of para-hydroxylation sites is 1. The number of benzene rings is 2. The van der Waals surface area contributed by atoms with Gasteiger partial charge in [-0.25, -0.2) is 13.9 Å². The van der Waals surface area contributed by atoms with E-state index >= 15 is 0 Å². The third-order valence-corrected chi connectivity index (χ3v) is 5.93. The number of carbonyl (C=O) groups is 1. The summed E-state index contributed by atoms with van der Waals surface area (Å²) in [5, 5.41) is 8.76. The fourth-order valence-electron chi connectivity index (χ4n) is 2.92. The fourth-order valence-corrected chi connectivity index (χ4v) is 4.83. The first-order valence-electron chi connectivity index (χ1n) is 7.40. The van der Waals surface area contributed by atoms with Crippen molar-refractivity contribution in [1.29, 1.82) is 0 Å². The summed E-state index contributed by atoms with van der Waals surface area (Å²) in [5.41, 5.74) is 0.583. The highest BCUT2D eigenvalue weighted by atomic mass is 32.2. The van der Waals surface area contributed by atoms with Crippen LogP contribution >= 0.6 is 0 Å². The van der Waals surface area contributed by atoms with E-state index in [9.17, 15) is 26.4 Å². The molecule has 0 radical (unpaired) electrons. The zero-order chi connectivity index (χ0) is 19.1. The Labute approximate surface area is 146 Å². The van der Waals surface area contributed by atoms with Crippen molar-refractivity contribution in [3.8, 4) is 0 Å². The van der Waals surface area contributed by atoms with E-state index in [1.54, 1.807) is 18.2 Å². The van der Waals surface area contributed by atoms with Gasteiger partial charge in [0, 0.05) is 0 Å². The zero-order valence-electron chi connectivity index (χ0n) is 13.1. The van der Waals surface area contributed by atoms with E-state index in [1.165, 1.54) is 17.6 Å². The lowest BCUT2D eigenvalue weighted by molar-refractivity contribution is -0.137. The first kappa shape index (κ1) is 18.2. The Balaban J connectivity index is 2.20. The van der Waals surface area contributed by atoms with Gasteiger partial charge in [0.25, 0.3) is 10.0 Å². The first-order valence-corrected chi connectivity index (χ1v) is 8.84. The summed E-state index contributed by atoms with van der Waals surface area (Å²) in [6, 6.07) is 9.03. The maximum Gasteiger partial charge on any atom is 0.416 e. The molecule has 10 heteroatoms. The van der Waals surface area contributed by atoms with Crippen molar-refractivity contribution in [2.75, 3.05) is 4.31 Å². The molecule has 1 unspecified atom stereocenters. The number of nitrogens with one attached hydrogen (secondary N) is 1. The van der Waals surface area contributed by atoms with Crippen molar-refractivity contribution in [1.82, 2.24) is 5.48 Å². The molecule has 0 saturated carbocycles. The van der Waals surface area contributed by atoms with Gasteiger partial charge in [0.2, 0.25) is 5.91 Å². The molecule has 138 valence electrons. The van der Waals surface area contributed by atoms with Crippen molar-refractivity contribution in [3.63, 3.8) is 0 Å². The van der Waals surface area contributed by atoms with Crippen LogP contribution in [0.1, 0.15) is 23.6 Å². The van der Waals surface area contributed by atoms with E-state index < -0.39 is 45.0 Å². The highest BCUT2D eigenvalue weighted by molar-refractivity contribution is 7.93. The van der Waals surface area contributed by atoms with Crippen LogP contribution in [-0.2, 0) is 21.0 Å². The van der Waals surface area contributed by atoms with Crippen molar-refractivity contribution >= 4 is 21.6 Å². The second kappa shape index (κ2) is 6.29. The fraction of sp³-hybridized carbons (Fsp3) is 0.188. The molecule has 0 spiro atoms. The number of sulfonamides is 1. The van der Waals surface area contributed by atoms with Crippen LogP contribution in [0.2, 0.25) is 0 Å². The Morgan fingerprint density at radius 3 is 2.38 bits per heavy atom. The van der Waals surface area contributed by atoms with Gasteiger partial charge >= 0.3 is 6.18 Å². The number of hydrogen-bond acceptors (Lipinski definition) is 4. The van der Waals surface area contributed by atoms with Crippen LogP contribution in [-0.4, -0.2) is 19.5 Å². The van der Waals surface area contributed by atoms with Gasteiger partial charge in [-0.2, -0.15) is 13.2 Å². The third-order valence-electron chi connectivity index (χ3n) is 4.03. The second-order valence-corrected chi connectivity index (χ2v) is 7.43. The largest absolute Gasteiger partial charge is 0.416 e. The highest BCUT2D eigenvalue weighted by Crippen LogP contribution is 2.46. The topological polar surface area (TPSA) is 86.7 Å². The molecule has 6 nitrogen and oxygen atoms in total. The molecule has 3 rings (SSSR count). The minimum Gasteiger partial charge on any atom is -0.289 e. The Bertz CT molecular complexity index is 946. The van der Waals surface area contributed by atoms with Gasteiger partial charge in [-0.1, -0.05) is 24.3 Å². The minimum absolute atomic E-state index is 0.0606. The molecule has 2 N–H and O–H groups in total. The molecule has 0 saturated heterocycles. The average molecular weight is 386 g/mol. The van der Waals surface area contributed by atoms with Gasteiger partial charge in [-0.3, -0.25) is 14.3 Å². The van der Waals surface area contributed by atoms with Crippen LogP contribution in [0.4, 0.5) is 18.9 Å². The lowest BCUT2D eigenvalue weighted by Gasteiger charge is -2.25. The molecule has 0 bridgehead atoms.